The number of likely N-dealkylation sites (tertiary alicyclic amines) is 1. The van der Waals surface area contributed by atoms with E-state index in [2.05, 4.69) is 60.9 Å². The number of sulfonamides is 1. The number of pyridine rings is 1. The highest BCUT2D eigenvalue weighted by Gasteiger charge is 2.42. The molecule has 4 N–H and O–H groups in total. The van der Waals surface area contributed by atoms with E-state index in [1.54, 1.807) is 6.07 Å². The van der Waals surface area contributed by atoms with Crippen molar-refractivity contribution in [3.05, 3.63) is 106 Å². The fourth-order valence-electron chi connectivity index (χ4n) is 11.3. The number of carbonyl (C=O) groups excluding carboxylic acids is 1. The maximum atomic E-state index is 14.6. The fraction of sp³-hybridized carbons (Fsp3) is 0.490. The summed E-state index contributed by atoms with van der Waals surface area (Å²) in [5.74, 6) is 0.230. The summed E-state index contributed by atoms with van der Waals surface area (Å²) < 4.78 is 42.9. The van der Waals surface area contributed by atoms with Crippen molar-refractivity contribution in [1.82, 2.24) is 19.6 Å². The first-order valence-corrected chi connectivity index (χ1v) is 25.8. The van der Waals surface area contributed by atoms with Crippen molar-refractivity contribution < 1.29 is 32.7 Å². The van der Waals surface area contributed by atoms with Crippen LogP contribution in [0.4, 0.5) is 28.4 Å². The quantitative estimate of drug-likeness (QED) is 0.0689. The number of rotatable bonds is 12. The zero-order valence-corrected chi connectivity index (χ0v) is 39.7. The number of aryl methyl sites for hydroxylation is 1. The molecule has 2 aromatic heterocycles. The van der Waals surface area contributed by atoms with E-state index in [-0.39, 0.29) is 23.2 Å². The van der Waals surface area contributed by atoms with E-state index in [1.165, 1.54) is 42.5 Å². The van der Waals surface area contributed by atoms with Gasteiger partial charge in [0.2, 0.25) is 5.88 Å². The molecule has 5 aliphatic rings. The van der Waals surface area contributed by atoms with Crippen LogP contribution in [0.25, 0.3) is 11.0 Å². The van der Waals surface area contributed by atoms with Gasteiger partial charge in [0, 0.05) is 62.2 Å². The second-order valence-electron chi connectivity index (χ2n) is 19.9. The number of amides is 1. The number of aromatic amines is 1. The van der Waals surface area contributed by atoms with Crippen molar-refractivity contribution >= 4 is 55.4 Å². The van der Waals surface area contributed by atoms with Gasteiger partial charge in [0.25, 0.3) is 21.6 Å². The predicted octanol–water partition coefficient (Wildman–Crippen LogP) is 8.38. The Bertz CT molecular complexity index is 2780. The highest BCUT2D eigenvalue weighted by molar-refractivity contribution is 7.90. The van der Waals surface area contributed by atoms with Gasteiger partial charge < -0.3 is 34.7 Å². The molecule has 0 bridgehead atoms. The first kappa shape index (κ1) is 46.0. The van der Waals surface area contributed by atoms with Crippen molar-refractivity contribution in [2.75, 3.05) is 61.1 Å². The smallest absolute Gasteiger partial charge is 0.293 e. The van der Waals surface area contributed by atoms with E-state index in [4.69, 9.17) is 14.5 Å². The Labute approximate surface area is 397 Å². The van der Waals surface area contributed by atoms with Crippen LogP contribution in [0.2, 0.25) is 0 Å². The molecule has 1 aliphatic carbocycles. The van der Waals surface area contributed by atoms with E-state index >= 15 is 0 Å². The zero-order chi connectivity index (χ0) is 47.2. The zero-order valence-electron chi connectivity index (χ0n) is 38.9. The number of hydrogen-bond donors (Lipinski definition) is 4. The lowest BCUT2D eigenvalue weighted by Crippen LogP contribution is -2.53. The molecule has 0 unspecified atom stereocenters. The van der Waals surface area contributed by atoms with Gasteiger partial charge in [-0.25, -0.2) is 13.1 Å². The number of H-pyrrole nitrogens is 1. The molecule has 3 saturated heterocycles. The minimum Gasteiger partial charge on any atom is -0.468 e. The summed E-state index contributed by atoms with van der Waals surface area (Å²) in [5.41, 5.74) is 4.66. The number of nitrogens with one attached hydrogen (secondary N) is 3. The molecule has 17 heteroatoms. The van der Waals surface area contributed by atoms with Gasteiger partial charge in [-0.2, -0.15) is 4.98 Å². The summed E-state index contributed by atoms with van der Waals surface area (Å²) in [7, 11) is -4.61. The van der Waals surface area contributed by atoms with Crippen LogP contribution in [0.3, 0.4) is 0 Å². The van der Waals surface area contributed by atoms with E-state index in [1.807, 2.05) is 37.4 Å². The molecular formula is C51H62N8O8S. The number of nitro benzene ring substituents is 1. The Morgan fingerprint density at radius 3 is 2.56 bits per heavy atom. The fourth-order valence-corrected chi connectivity index (χ4v) is 12.2. The lowest BCUT2D eigenvalue weighted by molar-refractivity contribution is -0.384. The molecule has 5 aromatic rings. The molecule has 3 atom stereocenters. The molecule has 68 heavy (non-hydrogen) atoms. The van der Waals surface area contributed by atoms with Crippen LogP contribution in [-0.2, 0) is 14.8 Å². The summed E-state index contributed by atoms with van der Waals surface area (Å²) in [6.45, 7) is 9.05. The van der Waals surface area contributed by atoms with Gasteiger partial charge in [-0.05, 0) is 144 Å². The third-order valence-electron chi connectivity index (χ3n) is 15.2. The van der Waals surface area contributed by atoms with Crippen LogP contribution >= 0.6 is 0 Å². The Morgan fingerprint density at radius 1 is 0.956 bits per heavy atom. The molecule has 3 aromatic carbocycles. The lowest BCUT2D eigenvalue weighted by atomic mass is 9.80. The lowest BCUT2D eigenvalue weighted by Gasteiger charge is -2.45. The molecular weight excluding hydrogens is 885 g/mol. The molecule has 4 fully saturated rings. The average Bonchev–Trinajstić information content (AvgIpc) is 3.80. The Balaban J connectivity index is 0.934. The number of carbonyl (C=O) groups is 1. The maximum absolute atomic E-state index is 14.6. The largest absolute Gasteiger partial charge is 0.468 e. The van der Waals surface area contributed by atoms with Crippen molar-refractivity contribution in [2.45, 2.75) is 107 Å². The SMILES string of the molecule is Cc1ccccc1[C@H]1CCCCN1CC1CCN(c2ccc(C(=O)NS(=O)(=O)c3ccc(NCC4CCC(C)(O)CC4)c([N+](=O)[O-])c3)c(N3c4cc5cc[nH]c5nc4O[C@H]4COCC[C@@H]43)c2)CC1. The summed E-state index contributed by atoms with van der Waals surface area (Å²) in [4.78, 5) is 41.1. The number of anilines is 4. The summed E-state index contributed by atoms with van der Waals surface area (Å²) in [5, 5.41) is 26.7. The normalized spacial score (nSPS) is 24.8. The number of nitro groups is 1. The number of fused-ring (bicyclic) bond motifs is 3. The molecule has 0 spiro atoms. The molecule has 0 radical (unpaired) electrons. The van der Waals surface area contributed by atoms with E-state index in [9.17, 15) is 28.4 Å². The van der Waals surface area contributed by atoms with Crippen molar-refractivity contribution in [3.8, 4) is 5.88 Å². The molecule has 360 valence electrons. The molecule has 4 aliphatic heterocycles. The van der Waals surface area contributed by atoms with E-state index in [0.29, 0.717) is 73.9 Å². The number of aromatic nitrogens is 2. The number of aliphatic hydroxyl groups is 1. The molecule has 16 nitrogen and oxygen atoms in total. The van der Waals surface area contributed by atoms with Crippen molar-refractivity contribution in [3.63, 3.8) is 0 Å². The topological polar surface area (TPSA) is 196 Å². The van der Waals surface area contributed by atoms with Crippen molar-refractivity contribution in [1.29, 1.82) is 0 Å². The van der Waals surface area contributed by atoms with E-state index in [0.717, 1.165) is 69.0 Å². The Hall–Kier alpha value is -5.75. The summed E-state index contributed by atoms with van der Waals surface area (Å²) in [6.07, 6.45) is 10.4. The van der Waals surface area contributed by atoms with Crippen LogP contribution in [0, 0.1) is 28.9 Å². The predicted molar refractivity (Wildman–Crippen MR) is 261 cm³/mol. The van der Waals surface area contributed by atoms with Gasteiger partial charge in [-0.1, -0.05) is 30.7 Å². The minimum atomic E-state index is -4.61. The first-order valence-electron chi connectivity index (χ1n) is 24.3. The third kappa shape index (κ3) is 9.50. The Morgan fingerprint density at radius 2 is 1.76 bits per heavy atom. The number of ether oxygens (including phenoxy) is 2. The van der Waals surface area contributed by atoms with E-state index < -0.39 is 43.1 Å². The van der Waals surface area contributed by atoms with Crippen LogP contribution in [0.15, 0.2) is 83.9 Å². The van der Waals surface area contributed by atoms with Crippen LogP contribution in [-0.4, -0.2) is 103 Å². The highest BCUT2D eigenvalue weighted by atomic mass is 32.2. The monoisotopic (exact) mass is 946 g/mol. The van der Waals surface area contributed by atoms with Gasteiger partial charge in [-0.3, -0.25) is 19.8 Å². The Kier molecular flexibility index (Phi) is 12.8. The standard InChI is InChI=1S/C51H62N8O8S/c1-33-7-3-4-8-39(33)42-9-5-6-23-57(42)31-35-17-24-56(25-18-35)37-10-12-40(44(28-37)58-43-19-26-66-32-47(43)67-50-46(58)27-36-16-22-52-48(36)54-50)49(60)55-68(64,65)38-11-13-41(45(29-38)59(62)63)53-30-34-14-20-51(2,61)21-15-34/h3-4,7-8,10-13,16,22,27-29,34-35,42-43,47,53,61H,5-6,9,14-15,17-21,23-26,30-32H2,1-2H3,(H,52,54)(H,55,60)/t34?,42-,43+,47+,51?/m1/s1. The van der Waals surface area contributed by atoms with Gasteiger partial charge in [-0.15, -0.1) is 0 Å². The molecule has 6 heterocycles. The minimum absolute atomic E-state index is 0.117. The average molecular weight is 947 g/mol. The van der Waals surface area contributed by atoms with Gasteiger partial charge in [0.05, 0.1) is 39.3 Å². The second kappa shape index (κ2) is 19.0. The van der Waals surface area contributed by atoms with Gasteiger partial charge in [0.1, 0.15) is 23.1 Å². The van der Waals surface area contributed by atoms with Crippen LogP contribution < -0.4 is 24.6 Å². The van der Waals surface area contributed by atoms with Gasteiger partial charge in [0.15, 0.2) is 0 Å². The molecule has 1 saturated carbocycles. The number of hydrogen-bond acceptors (Lipinski definition) is 13. The van der Waals surface area contributed by atoms with Gasteiger partial charge >= 0.3 is 0 Å². The summed E-state index contributed by atoms with van der Waals surface area (Å²) in [6, 6.07) is 22.1. The van der Waals surface area contributed by atoms with Crippen LogP contribution in [0.5, 0.6) is 5.88 Å². The first-order chi connectivity index (χ1) is 32.8. The highest BCUT2D eigenvalue weighted by Crippen LogP contribution is 2.46. The number of piperidine rings is 2. The van der Waals surface area contributed by atoms with Crippen LogP contribution in [0.1, 0.15) is 98.7 Å². The molecule has 1 amide bonds. The summed E-state index contributed by atoms with van der Waals surface area (Å²) >= 11 is 0. The van der Waals surface area contributed by atoms with Crippen molar-refractivity contribution in [2.24, 2.45) is 11.8 Å². The second-order valence-corrected chi connectivity index (χ2v) is 21.6. The number of benzene rings is 3. The number of nitrogens with zero attached hydrogens (tertiary/aromatic N) is 5. The maximum Gasteiger partial charge on any atom is 0.293 e. The third-order valence-corrected chi connectivity index (χ3v) is 16.5. The molecule has 10 rings (SSSR count).